The second-order valence-corrected chi connectivity index (χ2v) is 5.32. The van der Waals surface area contributed by atoms with E-state index in [0.717, 1.165) is 26.4 Å². The Morgan fingerprint density at radius 1 is 1.22 bits per heavy atom. The SMILES string of the molecule is Cc1cc(OCc2ccc(Br)c(N)c2)ccc1Cl. The molecule has 0 aliphatic rings. The minimum absolute atomic E-state index is 0.485. The van der Waals surface area contributed by atoms with Gasteiger partial charge in [0.05, 0.1) is 0 Å². The van der Waals surface area contributed by atoms with Crippen LogP contribution in [0.4, 0.5) is 5.69 Å². The molecule has 0 aromatic heterocycles. The maximum Gasteiger partial charge on any atom is 0.120 e. The second-order valence-electron chi connectivity index (χ2n) is 4.06. The van der Waals surface area contributed by atoms with Gasteiger partial charge in [-0.2, -0.15) is 0 Å². The van der Waals surface area contributed by atoms with Crippen LogP contribution >= 0.6 is 27.5 Å². The lowest BCUT2D eigenvalue weighted by Crippen LogP contribution is -1.97. The Morgan fingerprint density at radius 3 is 2.67 bits per heavy atom. The van der Waals surface area contributed by atoms with Gasteiger partial charge in [-0.15, -0.1) is 0 Å². The van der Waals surface area contributed by atoms with Crippen molar-refractivity contribution >= 4 is 33.2 Å². The molecule has 0 aliphatic carbocycles. The molecular formula is C14H13BrClNO. The second kappa shape index (κ2) is 5.63. The van der Waals surface area contributed by atoms with Crippen LogP contribution in [-0.4, -0.2) is 0 Å². The number of rotatable bonds is 3. The van der Waals surface area contributed by atoms with Crippen LogP contribution in [0, 0.1) is 6.92 Å². The van der Waals surface area contributed by atoms with E-state index in [1.165, 1.54) is 0 Å². The molecular weight excluding hydrogens is 314 g/mol. The Kier molecular flexibility index (Phi) is 4.15. The third kappa shape index (κ3) is 3.18. The van der Waals surface area contributed by atoms with Gasteiger partial charge in [-0.05, 0) is 64.3 Å². The molecule has 0 fully saturated rings. The first-order valence-electron chi connectivity index (χ1n) is 5.49. The van der Waals surface area contributed by atoms with Crippen molar-refractivity contribution in [1.82, 2.24) is 0 Å². The molecule has 2 rings (SSSR count). The smallest absolute Gasteiger partial charge is 0.120 e. The number of anilines is 1. The monoisotopic (exact) mass is 325 g/mol. The van der Waals surface area contributed by atoms with Crippen molar-refractivity contribution in [3.63, 3.8) is 0 Å². The van der Waals surface area contributed by atoms with Crippen molar-refractivity contribution in [2.24, 2.45) is 0 Å². The minimum atomic E-state index is 0.485. The van der Waals surface area contributed by atoms with Crippen LogP contribution in [0.3, 0.4) is 0 Å². The Morgan fingerprint density at radius 2 is 2.00 bits per heavy atom. The molecule has 2 nitrogen and oxygen atoms in total. The van der Waals surface area contributed by atoms with Crippen molar-refractivity contribution in [2.75, 3.05) is 5.73 Å². The highest BCUT2D eigenvalue weighted by atomic mass is 79.9. The molecule has 2 N–H and O–H groups in total. The summed E-state index contributed by atoms with van der Waals surface area (Å²) in [5.41, 5.74) is 8.56. The van der Waals surface area contributed by atoms with Crippen molar-refractivity contribution in [3.8, 4) is 5.75 Å². The highest BCUT2D eigenvalue weighted by Crippen LogP contribution is 2.23. The number of benzene rings is 2. The predicted octanol–water partition coefficient (Wildman–Crippen LogP) is 4.57. The lowest BCUT2D eigenvalue weighted by Gasteiger charge is -2.09. The van der Waals surface area contributed by atoms with Gasteiger partial charge >= 0.3 is 0 Å². The maximum absolute atomic E-state index is 5.96. The van der Waals surface area contributed by atoms with E-state index < -0.39 is 0 Å². The van der Waals surface area contributed by atoms with Crippen LogP contribution in [0.5, 0.6) is 5.75 Å². The average molecular weight is 327 g/mol. The average Bonchev–Trinajstić information content (AvgIpc) is 2.35. The third-order valence-corrected chi connectivity index (χ3v) is 3.74. The molecule has 0 heterocycles. The summed E-state index contributed by atoms with van der Waals surface area (Å²) in [4.78, 5) is 0. The summed E-state index contributed by atoms with van der Waals surface area (Å²) in [5.74, 6) is 0.804. The number of ether oxygens (including phenoxy) is 1. The fraction of sp³-hybridized carbons (Fsp3) is 0.143. The fourth-order valence-corrected chi connectivity index (χ4v) is 1.92. The minimum Gasteiger partial charge on any atom is -0.489 e. The van der Waals surface area contributed by atoms with Gasteiger partial charge in [-0.1, -0.05) is 17.7 Å². The van der Waals surface area contributed by atoms with Crippen LogP contribution in [0.15, 0.2) is 40.9 Å². The van der Waals surface area contributed by atoms with E-state index in [-0.39, 0.29) is 0 Å². The van der Waals surface area contributed by atoms with Gasteiger partial charge < -0.3 is 10.5 Å². The van der Waals surface area contributed by atoms with E-state index >= 15 is 0 Å². The highest BCUT2D eigenvalue weighted by molar-refractivity contribution is 9.10. The maximum atomic E-state index is 5.96. The first-order chi connectivity index (χ1) is 8.56. The molecule has 0 spiro atoms. The molecule has 4 heteroatoms. The quantitative estimate of drug-likeness (QED) is 0.838. The largest absolute Gasteiger partial charge is 0.489 e. The van der Waals surface area contributed by atoms with Crippen molar-refractivity contribution < 1.29 is 4.74 Å². The molecule has 0 atom stereocenters. The van der Waals surface area contributed by atoms with E-state index in [9.17, 15) is 0 Å². The van der Waals surface area contributed by atoms with Crippen LogP contribution in [0.2, 0.25) is 5.02 Å². The molecule has 94 valence electrons. The molecule has 18 heavy (non-hydrogen) atoms. The van der Waals surface area contributed by atoms with Crippen molar-refractivity contribution in [3.05, 3.63) is 57.0 Å². The Labute approximate surface area is 120 Å². The predicted molar refractivity (Wildman–Crippen MR) is 79.1 cm³/mol. The number of nitrogens with two attached hydrogens (primary N) is 1. The van der Waals surface area contributed by atoms with Gasteiger partial charge in [0.1, 0.15) is 12.4 Å². The molecule has 2 aromatic carbocycles. The van der Waals surface area contributed by atoms with Gasteiger partial charge in [0.15, 0.2) is 0 Å². The number of nitrogen functional groups attached to an aromatic ring is 1. The van der Waals surface area contributed by atoms with Crippen LogP contribution in [0.1, 0.15) is 11.1 Å². The van der Waals surface area contributed by atoms with E-state index in [2.05, 4.69) is 15.9 Å². The summed E-state index contributed by atoms with van der Waals surface area (Å²) in [6.07, 6.45) is 0. The fourth-order valence-electron chi connectivity index (χ4n) is 1.56. The number of halogens is 2. The summed E-state index contributed by atoms with van der Waals surface area (Å²) in [7, 11) is 0. The Hall–Kier alpha value is -1.19. The van der Waals surface area contributed by atoms with Gasteiger partial charge in [-0.3, -0.25) is 0 Å². The van der Waals surface area contributed by atoms with E-state index in [0.29, 0.717) is 12.3 Å². The molecule has 0 saturated heterocycles. The molecule has 0 aliphatic heterocycles. The molecule has 2 aromatic rings. The zero-order chi connectivity index (χ0) is 13.1. The van der Waals surface area contributed by atoms with E-state index in [1.807, 2.05) is 43.3 Å². The van der Waals surface area contributed by atoms with Gasteiger partial charge in [0.2, 0.25) is 0 Å². The summed E-state index contributed by atoms with van der Waals surface area (Å²) in [6, 6.07) is 11.4. The Bertz CT molecular complexity index is 520. The standard InChI is InChI=1S/C14H13BrClNO/c1-9-6-11(3-5-13(9)16)18-8-10-2-4-12(15)14(17)7-10/h2-7H,8,17H2,1H3. The van der Waals surface area contributed by atoms with Gasteiger partial charge in [0.25, 0.3) is 0 Å². The highest BCUT2D eigenvalue weighted by Gasteiger charge is 2.01. The molecule has 0 unspecified atom stereocenters. The lowest BCUT2D eigenvalue weighted by atomic mass is 10.2. The van der Waals surface area contributed by atoms with Crippen LogP contribution in [0.25, 0.3) is 0 Å². The van der Waals surface area contributed by atoms with E-state index in [1.54, 1.807) is 0 Å². The first-order valence-corrected chi connectivity index (χ1v) is 6.66. The summed E-state index contributed by atoms with van der Waals surface area (Å²) in [5, 5.41) is 0.746. The first kappa shape index (κ1) is 13.2. The zero-order valence-corrected chi connectivity index (χ0v) is 12.3. The number of hydrogen-bond donors (Lipinski definition) is 1. The van der Waals surface area contributed by atoms with Crippen molar-refractivity contribution in [1.29, 1.82) is 0 Å². The molecule has 0 saturated carbocycles. The normalized spacial score (nSPS) is 10.4. The van der Waals surface area contributed by atoms with Crippen LogP contribution < -0.4 is 10.5 Å². The summed E-state index contributed by atoms with van der Waals surface area (Å²) in [6.45, 7) is 2.44. The zero-order valence-electron chi connectivity index (χ0n) is 9.91. The number of aryl methyl sites for hydroxylation is 1. The molecule has 0 bridgehead atoms. The van der Waals surface area contributed by atoms with E-state index in [4.69, 9.17) is 22.1 Å². The van der Waals surface area contributed by atoms with Crippen LogP contribution in [-0.2, 0) is 6.61 Å². The Balaban J connectivity index is 2.06. The number of hydrogen-bond acceptors (Lipinski definition) is 2. The van der Waals surface area contributed by atoms with Gasteiger partial charge in [0, 0.05) is 15.2 Å². The lowest BCUT2D eigenvalue weighted by molar-refractivity contribution is 0.306. The topological polar surface area (TPSA) is 35.2 Å². The van der Waals surface area contributed by atoms with Crippen molar-refractivity contribution in [2.45, 2.75) is 13.5 Å². The summed E-state index contributed by atoms with van der Waals surface area (Å²) >= 11 is 9.32. The molecule has 0 radical (unpaired) electrons. The summed E-state index contributed by atoms with van der Waals surface area (Å²) < 4.78 is 6.59. The third-order valence-electron chi connectivity index (χ3n) is 2.60. The molecule has 0 amide bonds. The van der Waals surface area contributed by atoms with Gasteiger partial charge in [-0.25, -0.2) is 0 Å².